The number of ether oxygens (including phenoxy) is 1. The van der Waals surface area contributed by atoms with E-state index in [1.165, 1.54) is 4.57 Å². The molecule has 2 heterocycles. The van der Waals surface area contributed by atoms with Crippen LogP contribution in [0.3, 0.4) is 0 Å². The maximum Gasteiger partial charge on any atom is 0.277 e. The van der Waals surface area contributed by atoms with Crippen molar-refractivity contribution >= 4 is 22.5 Å². The average molecular weight is 340 g/mol. The number of amides is 1. The second kappa shape index (κ2) is 6.80. The predicted octanol–water partition coefficient (Wildman–Crippen LogP) is 2.08. The Bertz CT molecular complexity index is 970. The molecular weight excluding hydrogens is 320 g/mol. The fourth-order valence-corrected chi connectivity index (χ4v) is 2.78. The first-order valence-electron chi connectivity index (χ1n) is 8.05. The van der Waals surface area contributed by atoms with Crippen molar-refractivity contribution in [2.75, 3.05) is 11.9 Å². The van der Waals surface area contributed by atoms with Gasteiger partial charge in [0.2, 0.25) is 5.91 Å². The Hall–Kier alpha value is -3.09. The summed E-state index contributed by atoms with van der Waals surface area (Å²) >= 11 is 0. The van der Waals surface area contributed by atoms with Crippen LogP contribution in [-0.2, 0) is 18.4 Å². The third-order valence-electron chi connectivity index (χ3n) is 3.92. The summed E-state index contributed by atoms with van der Waals surface area (Å²) in [6.45, 7) is 4.29. The number of nitrogens with one attached hydrogen (secondary N) is 1. The molecule has 130 valence electrons. The van der Waals surface area contributed by atoms with Crippen molar-refractivity contribution in [2.24, 2.45) is 7.05 Å². The van der Waals surface area contributed by atoms with Crippen molar-refractivity contribution in [1.29, 1.82) is 0 Å². The van der Waals surface area contributed by atoms with Crippen LogP contribution in [0.4, 0.5) is 5.69 Å². The second-order valence-corrected chi connectivity index (χ2v) is 5.73. The van der Waals surface area contributed by atoms with Gasteiger partial charge in [0.15, 0.2) is 0 Å². The number of fused-ring (bicyclic) bond motifs is 1. The molecule has 0 fully saturated rings. The highest BCUT2D eigenvalue weighted by molar-refractivity contribution is 5.91. The number of carbonyl (C=O) groups excluding carboxylic acids is 1. The van der Waals surface area contributed by atoms with E-state index in [1.807, 2.05) is 19.9 Å². The smallest absolute Gasteiger partial charge is 0.277 e. The molecule has 25 heavy (non-hydrogen) atoms. The second-order valence-electron chi connectivity index (χ2n) is 5.73. The van der Waals surface area contributed by atoms with Crippen LogP contribution in [0, 0.1) is 6.92 Å². The van der Waals surface area contributed by atoms with E-state index in [9.17, 15) is 9.59 Å². The van der Waals surface area contributed by atoms with Crippen LogP contribution in [0.25, 0.3) is 10.9 Å². The Morgan fingerprint density at radius 2 is 1.96 bits per heavy atom. The van der Waals surface area contributed by atoms with Crippen LogP contribution in [0.2, 0.25) is 0 Å². The first-order valence-corrected chi connectivity index (χ1v) is 8.05. The Morgan fingerprint density at radius 1 is 1.24 bits per heavy atom. The highest BCUT2D eigenvalue weighted by Gasteiger charge is 2.12. The molecule has 0 atom stereocenters. The van der Waals surface area contributed by atoms with E-state index in [1.54, 1.807) is 42.2 Å². The topological polar surface area (TPSA) is 78.2 Å². The number of hydrogen-bond donors (Lipinski definition) is 1. The van der Waals surface area contributed by atoms with Crippen LogP contribution in [-0.4, -0.2) is 26.9 Å². The van der Waals surface area contributed by atoms with E-state index in [-0.39, 0.29) is 18.0 Å². The number of benzene rings is 1. The fraction of sp³-hybridized carbons (Fsp3) is 0.278. The number of rotatable bonds is 5. The number of pyridine rings is 1. The van der Waals surface area contributed by atoms with Crippen molar-refractivity contribution in [2.45, 2.75) is 20.4 Å². The Labute approximate surface area is 144 Å². The maximum atomic E-state index is 12.6. The van der Waals surface area contributed by atoms with Crippen LogP contribution in [0.15, 0.2) is 41.3 Å². The van der Waals surface area contributed by atoms with Gasteiger partial charge in [0.25, 0.3) is 5.56 Å². The van der Waals surface area contributed by atoms with Crippen LogP contribution in [0.5, 0.6) is 5.75 Å². The van der Waals surface area contributed by atoms with Gasteiger partial charge < -0.3 is 14.6 Å². The zero-order chi connectivity index (χ0) is 18.0. The van der Waals surface area contributed by atoms with Gasteiger partial charge in [0.05, 0.1) is 12.3 Å². The molecule has 7 heteroatoms. The summed E-state index contributed by atoms with van der Waals surface area (Å²) in [7, 11) is 1.72. The Kier molecular flexibility index (Phi) is 4.56. The van der Waals surface area contributed by atoms with E-state index >= 15 is 0 Å². The monoisotopic (exact) mass is 340 g/mol. The van der Waals surface area contributed by atoms with Crippen molar-refractivity contribution < 1.29 is 9.53 Å². The van der Waals surface area contributed by atoms with E-state index < -0.39 is 0 Å². The minimum Gasteiger partial charge on any atom is -0.494 e. The third kappa shape index (κ3) is 3.40. The van der Waals surface area contributed by atoms with Gasteiger partial charge >= 0.3 is 0 Å². The summed E-state index contributed by atoms with van der Waals surface area (Å²) in [5.41, 5.74) is 1.70. The van der Waals surface area contributed by atoms with Gasteiger partial charge in [-0.15, -0.1) is 0 Å². The molecular formula is C18H20N4O3. The zero-order valence-electron chi connectivity index (χ0n) is 14.4. The first-order chi connectivity index (χ1) is 12.0. The summed E-state index contributed by atoms with van der Waals surface area (Å²) in [6, 6.07) is 8.91. The van der Waals surface area contributed by atoms with Gasteiger partial charge in [-0.3, -0.25) is 14.3 Å². The quantitative estimate of drug-likeness (QED) is 0.771. The van der Waals surface area contributed by atoms with Gasteiger partial charge in [-0.2, -0.15) is 5.10 Å². The summed E-state index contributed by atoms with van der Waals surface area (Å²) in [6.07, 6.45) is 1.62. The Balaban J connectivity index is 1.77. The van der Waals surface area contributed by atoms with Crippen LogP contribution >= 0.6 is 0 Å². The molecule has 0 saturated heterocycles. The molecule has 1 amide bonds. The zero-order valence-corrected chi connectivity index (χ0v) is 14.4. The number of aromatic nitrogens is 3. The number of aryl methyl sites for hydroxylation is 2. The molecule has 3 rings (SSSR count). The molecule has 0 bridgehead atoms. The minimum absolute atomic E-state index is 0.0633. The van der Waals surface area contributed by atoms with E-state index in [0.29, 0.717) is 17.8 Å². The molecule has 0 aliphatic rings. The van der Waals surface area contributed by atoms with Gasteiger partial charge in [-0.05, 0) is 44.2 Å². The van der Waals surface area contributed by atoms with E-state index in [0.717, 1.165) is 16.8 Å². The van der Waals surface area contributed by atoms with Crippen molar-refractivity contribution in [3.8, 4) is 5.75 Å². The van der Waals surface area contributed by atoms with Crippen LogP contribution < -0.4 is 15.6 Å². The molecule has 1 aromatic carbocycles. The molecule has 0 aliphatic heterocycles. The third-order valence-corrected chi connectivity index (χ3v) is 3.92. The predicted molar refractivity (Wildman–Crippen MR) is 96.0 cm³/mol. The van der Waals surface area contributed by atoms with E-state index in [2.05, 4.69) is 10.4 Å². The summed E-state index contributed by atoms with van der Waals surface area (Å²) < 4.78 is 8.30. The van der Waals surface area contributed by atoms with Gasteiger partial charge in [-0.25, -0.2) is 0 Å². The Morgan fingerprint density at radius 3 is 2.64 bits per heavy atom. The van der Waals surface area contributed by atoms with Crippen LogP contribution in [0.1, 0.15) is 12.6 Å². The van der Waals surface area contributed by atoms with E-state index in [4.69, 9.17) is 4.74 Å². The lowest BCUT2D eigenvalue weighted by Crippen LogP contribution is -2.28. The molecule has 2 aromatic heterocycles. The standard InChI is InChI=1S/C18H20N4O3/c1-4-25-14-7-5-13(6-8-14)19-16(23)11-22-10-9-15-12(2)20-21(3)17(15)18(22)24/h5-10H,4,11H2,1-3H3,(H,19,23). The van der Waals surface area contributed by atoms with Gasteiger partial charge in [0, 0.05) is 24.3 Å². The largest absolute Gasteiger partial charge is 0.494 e. The molecule has 3 aromatic rings. The number of carbonyl (C=O) groups is 1. The minimum atomic E-state index is -0.274. The molecule has 0 radical (unpaired) electrons. The molecule has 0 saturated carbocycles. The lowest BCUT2D eigenvalue weighted by atomic mass is 10.2. The molecule has 0 aliphatic carbocycles. The number of nitrogens with zero attached hydrogens (tertiary/aromatic N) is 3. The van der Waals surface area contributed by atoms with Gasteiger partial charge in [-0.1, -0.05) is 0 Å². The SMILES string of the molecule is CCOc1ccc(NC(=O)Cn2ccc3c(C)nn(C)c3c2=O)cc1. The fourth-order valence-electron chi connectivity index (χ4n) is 2.78. The number of anilines is 1. The molecule has 7 nitrogen and oxygen atoms in total. The average Bonchev–Trinajstić information content (AvgIpc) is 2.87. The summed E-state index contributed by atoms with van der Waals surface area (Å²) in [5.74, 6) is 0.471. The van der Waals surface area contributed by atoms with Crippen molar-refractivity contribution in [1.82, 2.24) is 14.3 Å². The normalized spacial score (nSPS) is 10.8. The molecule has 1 N–H and O–H groups in total. The maximum absolute atomic E-state index is 12.6. The highest BCUT2D eigenvalue weighted by atomic mass is 16.5. The number of hydrogen-bond acceptors (Lipinski definition) is 4. The van der Waals surface area contributed by atoms with Gasteiger partial charge in [0.1, 0.15) is 17.8 Å². The first kappa shape index (κ1) is 16.8. The molecule has 0 unspecified atom stereocenters. The summed E-state index contributed by atoms with van der Waals surface area (Å²) in [4.78, 5) is 24.8. The van der Waals surface area contributed by atoms with Crippen molar-refractivity contribution in [3.63, 3.8) is 0 Å². The summed E-state index contributed by atoms with van der Waals surface area (Å²) in [5, 5.41) is 7.83. The highest BCUT2D eigenvalue weighted by Crippen LogP contribution is 2.16. The lowest BCUT2D eigenvalue weighted by Gasteiger charge is -2.09. The van der Waals surface area contributed by atoms with Crippen molar-refractivity contribution in [3.05, 3.63) is 52.6 Å². The lowest BCUT2D eigenvalue weighted by molar-refractivity contribution is -0.116. The molecule has 0 spiro atoms.